The zero-order valence-corrected chi connectivity index (χ0v) is 18.6. The molecule has 8 heteroatoms. The van der Waals surface area contributed by atoms with Gasteiger partial charge in [0, 0.05) is 44.0 Å². The molecule has 0 aliphatic carbocycles. The van der Waals surface area contributed by atoms with Gasteiger partial charge in [-0.15, -0.1) is 0 Å². The molecule has 1 saturated heterocycles. The number of rotatable bonds is 4. The maximum absolute atomic E-state index is 14.0. The highest BCUT2D eigenvalue weighted by Gasteiger charge is 2.27. The third kappa shape index (κ3) is 3.89. The van der Waals surface area contributed by atoms with Crippen molar-refractivity contribution in [2.75, 3.05) is 56.3 Å². The van der Waals surface area contributed by atoms with Crippen LogP contribution in [0.2, 0.25) is 0 Å². The van der Waals surface area contributed by atoms with Crippen molar-refractivity contribution in [1.29, 1.82) is 5.26 Å². The van der Waals surface area contributed by atoms with Crippen LogP contribution in [0, 0.1) is 17.1 Å². The zero-order chi connectivity index (χ0) is 22.9. The van der Waals surface area contributed by atoms with E-state index in [1.165, 1.54) is 12.1 Å². The molecular formula is C25H26FN5O2. The van der Waals surface area contributed by atoms with E-state index in [0.717, 1.165) is 85.8 Å². The van der Waals surface area contributed by atoms with Crippen molar-refractivity contribution >= 4 is 22.3 Å². The number of hydrogen-bond acceptors (Lipinski definition) is 6. The fraction of sp³-hybridized carbons (Fsp3) is 0.360. The van der Waals surface area contributed by atoms with Gasteiger partial charge in [-0.2, -0.15) is 5.26 Å². The van der Waals surface area contributed by atoms with Crippen molar-refractivity contribution in [1.82, 2.24) is 9.88 Å². The Balaban J connectivity index is 1.37. The molecule has 0 spiro atoms. The number of pyridine rings is 1. The largest absolute Gasteiger partial charge is 0.496 e. The van der Waals surface area contributed by atoms with Crippen LogP contribution in [-0.4, -0.2) is 56.4 Å². The molecule has 0 unspecified atom stereocenters. The Morgan fingerprint density at radius 2 is 1.97 bits per heavy atom. The van der Waals surface area contributed by atoms with Crippen LogP contribution in [0.3, 0.4) is 0 Å². The molecular weight excluding hydrogens is 421 g/mol. The number of H-pyrrole nitrogens is 1. The summed E-state index contributed by atoms with van der Waals surface area (Å²) in [6.45, 7) is 4.79. The fourth-order valence-electron chi connectivity index (χ4n) is 4.97. The van der Waals surface area contributed by atoms with Gasteiger partial charge >= 0.3 is 0 Å². The Bertz CT molecular complexity index is 1290. The first kappa shape index (κ1) is 21.3. The van der Waals surface area contributed by atoms with Crippen LogP contribution < -0.4 is 20.1 Å². The third-order valence-corrected chi connectivity index (χ3v) is 6.64. The molecule has 5 rings (SSSR count). The lowest BCUT2D eigenvalue weighted by Gasteiger charge is -2.41. The molecule has 0 radical (unpaired) electrons. The zero-order valence-electron chi connectivity index (χ0n) is 18.6. The lowest BCUT2D eigenvalue weighted by Crippen LogP contribution is -2.51. The molecule has 0 atom stereocenters. The lowest BCUT2D eigenvalue weighted by molar-refractivity contribution is 0.255. The van der Waals surface area contributed by atoms with Crippen molar-refractivity contribution in [2.45, 2.75) is 12.8 Å². The van der Waals surface area contributed by atoms with Gasteiger partial charge in [-0.05, 0) is 43.2 Å². The van der Waals surface area contributed by atoms with Crippen LogP contribution in [0.1, 0.15) is 17.5 Å². The van der Waals surface area contributed by atoms with Gasteiger partial charge < -0.3 is 19.5 Å². The van der Waals surface area contributed by atoms with Gasteiger partial charge in [0.2, 0.25) is 0 Å². The van der Waals surface area contributed by atoms with Gasteiger partial charge in [-0.25, -0.2) is 4.39 Å². The Kier molecular flexibility index (Phi) is 5.65. The predicted molar refractivity (Wildman–Crippen MR) is 127 cm³/mol. The normalized spacial score (nSPS) is 16.5. The minimum absolute atomic E-state index is 0.0249. The second-order valence-electron chi connectivity index (χ2n) is 8.55. The Hall–Kier alpha value is -3.57. The first-order valence-corrected chi connectivity index (χ1v) is 11.2. The summed E-state index contributed by atoms with van der Waals surface area (Å²) in [5.74, 6) is 0.285. The summed E-state index contributed by atoms with van der Waals surface area (Å²) < 4.78 is 19.7. The average Bonchev–Trinajstić information content (AvgIpc) is 2.84. The summed E-state index contributed by atoms with van der Waals surface area (Å²) in [5, 5.41) is 9.91. The van der Waals surface area contributed by atoms with Crippen LogP contribution in [-0.2, 0) is 6.42 Å². The number of nitrogens with one attached hydrogen (secondary N) is 1. The van der Waals surface area contributed by atoms with Crippen molar-refractivity contribution in [3.8, 4) is 11.8 Å². The SMILES string of the molecule is COc1cccc2[nH]c(=O)c3c(c12)N(CN1CCN(c2ccc(C#N)c(F)c2)CC1)CCC3. The molecule has 1 N–H and O–H groups in total. The number of aromatic nitrogens is 1. The number of ether oxygens (including phenoxy) is 1. The van der Waals surface area contributed by atoms with Gasteiger partial charge in [0.25, 0.3) is 5.56 Å². The summed E-state index contributed by atoms with van der Waals surface area (Å²) in [7, 11) is 1.66. The smallest absolute Gasteiger partial charge is 0.253 e. The minimum atomic E-state index is -0.478. The highest BCUT2D eigenvalue weighted by Crippen LogP contribution is 2.37. The number of aromatic amines is 1. The van der Waals surface area contributed by atoms with Crippen molar-refractivity contribution in [3.63, 3.8) is 0 Å². The predicted octanol–water partition coefficient (Wildman–Crippen LogP) is 3.08. The first-order valence-electron chi connectivity index (χ1n) is 11.2. The van der Waals surface area contributed by atoms with Gasteiger partial charge in [0.15, 0.2) is 0 Å². The highest BCUT2D eigenvalue weighted by molar-refractivity contribution is 5.98. The second-order valence-corrected chi connectivity index (χ2v) is 8.55. The van der Waals surface area contributed by atoms with E-state index in [9.17, 15) is 9.18 Å². The Morgan fingerprint density at radius 1 is 1.15 bits per heavy atom. The minimum Gasteiger partial charge on any atom is -0.496 e. The fourth-order valence-corrected chi connectivity index (χ4v) is 4.97. The number of fused-ring (bicyclic) bond motifs is 3. The molecule has 2 aliphatic rings. The highest BCUT2D eigenvalue weighted by atomic mass is 19.1. The third-order valence-electron chi connectivity index (χ3n) is 6.64. The van der Waals surface area contributed by atoms with E-state index in [-0.39, 0.29) is 11.1 Å². The number of benzene rings is 2. The molecule has 3 aromatic rings. The summed E-state index contributed by atoms with van der Waals surface area (Å²) >= 11 is 0. The van der Waals surface area contributed by atoms with Crippen molar-refractivity contribution < 1.29 is 9.13 Å². The average molecular weight is 448 g/mol. The Morgan fingerprint density at radius 3 is 2.70 bits per heavy atom. The first-order chi connectivity index (χ1) is 16.1. The molecule has 170 valence electrons. The lowest BCUT2D eigenvalue weighted by atomic mass is 9.99. The number of hydrogen-bond donors (Lipinski definition) is 1. The number of nitrogens with zero attached hydrogens (tertiary/aromatic N) is 4. The van der Waals surface area contributed by atoms with E-state index in [4.69, 9.17) is 10.00 Å². The second kappa shape index (κ2) is 8.75. The number of nitriles is 1. The topological polar surface area (TPSA) is 75.6 Å². The molecule has 2 aromatic carbocycles. The Labute approximate surface area is 191 Å². The van der Waals surface area contributed by atoms with E-state index in [1.54, 1.807) is 7.11 Å². The molecule has 7 nitrogen and oxygen atoms in total. The summed E-state index contributed by atoms with van der Waals surface area (Å²) in [4.78, 5) is 22.6. The van der Waals surface area contributed by atoms with Crippen LogP contribution in [0.15, 0.2) is 41.2 Å². The van der Waals surface area contributed by atoms with E-state index < -0.39 is 5.82 Å². The van der Waals surface area contributed by atoms with E-state index in [2.05, 4.69) is 19.7 Å². The van der Waals surface area contributed by atoms with Crippen LogP contribution in [0.5, 0.6) is 5.75 Å². The quantitative estimate of drug-likeness (QED) is 0.663. The molecule has 0 saturated carbocycles. The van der Waals surface area contributed by atoms with Crippen LogP contribution in [0.25, 0.3) is 10.9 Å². The number of piperazine rings is 1. The summed E-state index contributed by atoms with van der Waals surface area (Å²) in [6.07, 6.45) is 1.69. The molecule has 1 aromatic heterocycles. The maximum atomic E-state index is 14.0. The molecule has 3 heterocycles. The monoisotopic (exact) mass is 447 g/mol. The standard InChI is InChI=1S/C25H26FN5O2/c1-33-22-6-2-5-21-23(22)24-19(25(32)28-21)4-3-9-31(24)16-29-10-12-30(13-11-29)18-8-7-17(15-27)20(26)14-18/h2,5-8,14H,3-4,9-13,16H2,1H3,(H,28,32). The van der Waals surface area contributed by atoms with Gasteiger partial charge in [0.05, 0.1) is 35.9 Å². The number of halogens is 1. The molecule has 1 fully saturated rings. The van der Waals surface area contributed by atoms with Crippen LogP contribution in [0.4, 0.5) is 15.8 Å². The molecule has 0 bridgehead atoms. The van der Waals surface area contributed by atoms with Gasteiger partial charge in [-0.1, -0.05) is 6.07 Å². The number of methoxy groups -OCH3 is 1. The maximum Gasteiger partial charge on any atom is 0.253 e. The van der Waals surface area contributed by atoms with E-state index >= 15 is 0 Å². The summed E-state index contributed by atoms with van der Waals surface area (Å²) in [5.41, 5.74) is 3.44. The summed E-state index contributed by atoms with van der Waals surface area (Å²) in [6, 6.07) is 12.4. The van der Waals surface area contributed by atoms with Crippen LogP contribution >= 0.6 is 0 Å². The van der Waals surface area contributed by atoms with Gasteiger partial charge in [-0.3, -0.25) is 9.69 Å². The molecule has 0 amide bonds. The van der Waals surface area contributed by atoms with E-state index in [1.807, 2.05) is 30.3 Å². The molecule has 33 heavy (non-hydrogen) atoms. The van der Waals surface area contributed by atoms with Gasteiger partial charge in [0.1, 0.15) is 17.6 Å². The van der Waals surface area contributed by atoms with E-state index in [0.29, 0.717) is 0 Å². The van der Waals surface area contributed by atoms with Crippen molar-refractivity contribution in [2.24, 2.45) is 0 Å². The molecule has 2 aliphatic heterocycles. The van der Waals surface area contributed by atoms with Crippen molar-refractivity contribution in [3.05, 3.63) is 63.7 Å². The number of anilines is 2.